The summed E-state index contributed by atoms with van der Waals surface area (Å²) >= 11 is 3.46. The number of likely N-dealkylation sites (tertiary alicyclic amines) is 1. The minimum atomic E-state index is -0.446. The first-order valence-electron chi connectivity index (χ1n) is 11.3. The van der Waals surface area contributed by atoms with E-state index in [1.54, 1.807) is 15.7 Å². The van der Waals surface area contributed by atoms with Gasteiger partial charge in [0, 0.05) is 34.7 Å². The normalized spacial score (nSPS) is 14.3. The molecular weight excluding hydrogens is 512 g/mol. The largest absolute Gasteiger partial charge is 0.394 e. The molecule has 35 heavy (non-hydrogen) atoms. The van der Waals surface area contributed by atoms with Crippen molar-refractivity contribution in [2.45, 2.75) is 25.0 Å². The summed E-state index contributed by atoms with van der Waals surface area (Å²) in [6, 6.07) is 14.7. The van der Waals surface area contributed by atoms with Crippen molar-refractivity contribution >= 4 is 44.6 Å². The Kier molecular flexibility index (Phi) is 7.67. The lowest BCUT2D eigenvalue weighted by molar-refractivity contribution is -0.133. The van der Waals surface area contributed by atoms with Crippen molar-refractivity contribution in [1.82, 2.24) is 20.1 Å². The van der Waals surface area contributed by atoms with Gasteiger partial charge < -0.3 is 25.2 Å². The number of aliphatic hydroxyl groups is 1. The second-order valence-corrected chi connectivity index (χ2v) is 9.50. The lowest BCUT2D eigenvalue weighted by Gasteiger charge is -2.38. The number of hydrogen-bond donors (Lipinski definition) is 3. The average Bonchev–Trinajstić information content (AvgIpc) is 3.18. The minimum Gasteiger partial charge on any atom is -0.394 e. The highest BCUT2D eigenvalue weighted by molar-refractivity contribution is 9.10. The highest BCUT2D eigenvalue weighted by Gasteiger charge is 2.30. The van der Waals surface area contributed by atoms with Crippen LogP contribution in [0, 0.1) is 0 Å². The zero-order chi connectivity index (χ0) is 24.9. The second-order valence-electron chi connectivity index (χ2n) is 8.59. The van der Waals surface area contributed by atoms with E-state index in [-0.39, 0.29) is 36.9 Å². The molecule has 1 fully saturated rings. The van der Waals surface area contributed by atoms with Gasteiger partial charge in [-0.25, -0.2) is 0 Å². The van der Waals surface area contributed by atoms with Gasteiger partial charge in [0.05, 0.1) is 24.3 Å². The predicted molar refractivity (Wildman–Crippen MR) is 137 cm³/mol. The topological polar surface area (TPSA) is 104 Å². The zero-order valence-electron chi connectivity index (χ0n) is 19.1. The van der Waals surface area contributed by atoms with E-state index in [2.05, 4.69) is 33.1 Å². The SMILES string of the molecule is C=CC(=O)N1CC(NC(=O)Cn2cc(C(=O)NC(CO)Cc3ccccc3)c3cc(Br)ccc32)C1. The number of nitrogens with zero attached hydrogens (tertiary/aromatic N) is 2. The third kappa shape index (κ3) is 5.80. The second kappa shape index (κ2) is 10.9. The molecule has 3 N–H and O–H groups in total. The molecule has 0 bridgehead atoms. The van der Waals surface area contributed by atoms with Crippen LogP contribution in [0.1, 0.15) is 15.9 Å². The predicted octanol–water partition coefficient (Wildman–Crippen LogP) is 2.25. The summed E-state index contributed by atoms with van der Waals surface area (Å²) in [4.78, 5) is 39.1. The van der Waals surface area contributed by atoms with Crippen molar-refractivity contribution in [2.24, 2.45) is 0 Å². The molecule has 1 saturated heterocycles. The summed E-state index contributed by atoms with van der Waals surface area (Å²) in [7, 11) is 0. The Hall–Kier alpha value is -3.43. The van der Waals surface area contributed by atoms with Gasteiger partial charge in [-0.1, -0.05) is 52.8 Å². The summed E-state index contributed by atoms with van der Waals surface area (Å²) in [6.45, 7) is 4.21. The number of halogens is 1. The Morgan fingerprint density at radius 3 is 2.60 bits per heavy atom. The summed E-state index contributed by atoms with van der Waals surface area (Å²) in [5.41, 5.74) is 2.18. The number of aliphatic hydroxyl groups excluding tert-OH is 1. The van der Waals surface area contributed by atoms with E-state index in [0.717, 1.165) is 15.6 Å². The maximum absolute atomic E-state index is 13.2. The van der Waals surface area contributed by atoms with Crippen LogP contribution in [0.5, 0.6) is 0 Å². The first-order valence-corrected chi connectivity index (χ1v) is 12.1. The van der Waals surface area contributed by atoms with Crippen LogP contribution in [0.15, 0.2) is 71.9 Å². The smallest absolute Gasteiger partial charge is 0.253 e. The van der Waals surface area contributed by atoms with Crippen molar-refractivity contribution < 1.29 is 19.5 Å². The van der Waals surface area contributed by atoms with Gasteiger partial charge in [0.15, 0.2) is 0 Å². The summed E-state index contributed by atoms with van der Waals surface area (Å²) < 4.78 is 2.55. The van der Waals surface area contributed by atoms with Crippen molar-refractivity contribution in [1.29, 1.82) is 0 Å². The molecule has 1 aliphatic rings. The molecule has 3 aromatic rings. The Balaban J connectivity index is 1.47. The van der Waals surface area contributed by atoms with Gasteiger partial charge in [-0.05, 0) is 36.3 Å². The molecular formula is C26H27BrN4O4. The monoisotopic (exact) mass is 538 g/mol. The fraction of sp³-hybridized carbons (Fsp3) is 0.269. The van der Waals surface area contributed by atoms with Crippen LogP contribution in [0.4, 0.5) is 0 Å². The van der Waals surface area contributed by atoms with Crippen molar-refractivity contribution in [3.05, 3.63) is 83.0 Å². The molecule has 8 nitrogen and oxygen atoms in total. The molecule has 1 aromatic heterocycles. The Bertz CT molecular complexity index is 1250. The fourth-order valence-corrected chi connectivity index (χ4v) is 4.57. The molecule has 1 unspecified atom stereocenters. The minimum absolute atomic E-state index is 0.0325. The van der Waals surface area contributed by atoms with Gasteiger partial charge in [-0.15, -0.1) is 0 Å². The maximum atomic E-state index is 13.2. The molecule has 0 radical (unpaired) electrons. The van der Waals surface area contributed by atoms with E-state index >= 15 is 0 Å². The van der Waals surface area contributed by atoms with Crippen LogP contribution in [-0.2, 0) is 22.6 Å². The van der Waals surface area contributed by atoms with E-state index < -0.39 is 6.04 Å². The van der Waals surface area contributed by atoms with Crippen LogP contribution in [0.25, 0.3) is 10.9 Å². The molecule has 2 heterocycles. The molecule has 3 amide bonds. The number of amides is 3. The van der Waals surface area contributed by atoms with Gasteiger partial charge in [0.1, 0.15) is 6.54 Å². The van der Waals surface area contributed by atoms with Gasteiger partial charge >= 0.3 is 0 Å². The molecule has 0 saturated carbocycles. The number of hydrogen-bond acceptors (Lipinski definition) is 4. The molecule has 0 spiro atoms. The Labute approximate surface area is 211 Å². The molecule has 182 valence electrons. The van der Waals surface area contributed by atoms with Gasteiger partial charge in [-0.3, -0.25) is 14.4 Å². The molecule has 9 heteroatoms. The van der Waals surface area contributed by atoms with E-state index in [4.69, 9.17) is 0 Å². The number of carbonyl (C=O) groups is 3. The van der Waals surface area contributed by atoms with E-state index in [9.17, 15) is 19.5 Å². The number of carbonyl (C=O) groups excluding carboxylic acids is 3. The first-order chi connectivity index (χ1) is 16.9. The molecule has 1 atom stereocenters. The van der Waals surface area contributed by atoms with Gasteiger partial charge in [-0.2, -0.15) is 0 Å². The van der Waals surface area contributed by atoms with Gasteiger partial charge in [0.2, 0.25) is 11.8 Å². The standard InChI is InChI=1S/C26H27BrN4O4/c1-2-25(34)31-12-20(13-31)28-24(33)15-30-14-22(21-11-18(27)8-9-23(21)30)26(35)29-19(16-32)10-17-6-4-3-5-7-17/h2-9,11,14,19-20,32H,1,10,12-13,15-16H2,(H,28,33)(H,29,35). The lowest BCUT2D eigenvalue weighted by Crippen LogP contribution is -2.61. The van der Waals surface area contributed by atoms with E-state index in [1.165, 1.54) is 6.08 Å². The zero-order valence-corrected chi connectivity index (χ0v) is 20.7. The Morgan fingerprint density at radius 1 is 1.17 bits per heavy atom. The molecule has 2 aromatic carbocycles. The Morgan fingerprint density at radius 2 is 1.91 bits per heavy atom. The summed E-state index contributed by atoms with van der Waals surface area (Å²) in [6.07, 6.45) is 3.42. The van der Waals surface area contributed by atoms with Crippen molar-refractivity contribution in [3.63, 3.8) is 0 Å². The van der Waals surface area contributed by atoms with Crippen molar-refractivity contribution in [2.75, 3.05) is 19.7 Å². The lowest BCUT2D eigenvalue weighted by atomic mass is 10.1. The quantitative estimate of drug-likeness (QED) is 0.363. The summed E-state index contributed by atoms with van der Waals surface area (Å²) in [5.74, 6) is -0.675. The van der Waals surface area contributed by atoms with Crippen LogP contribution >= 0.6 is 15.9 Å². The van der Waals surface area contributed by atoms with Crippen LogP contribution < -0.4 is 10.6 Å². The fourth-order valence-electron chi connectivity index (χ4n) is 4.21. The number of rotatable bonds is 9. The number of benzene rings is 2. The van der Waals surface area contributed by atoms with E-state index in [0.29, 0.717) is 30.5 Å². The van der Waals surface area contributed by atoms with Crippen LogP contribution in [0.3, 0.4) is 0 Å². The maximum Gasteiger partial charge on any atom is 0.253 e. The first kappa shape index (κ1) is 24.7. The summed E-state index contributed by atoms with van der Waals surface area (Å²) in [5, 5.41) is 16.4. The average molecular weight is 539 g/mol. The highest BCUT2D eigenvalue weighted by atomic mass is 79.9. The molecule has 4 rings (SSSR count). The van der Waals surface area contributed by atoms with Gasteiger partial charge in [0.25, 0.3) is 5.91 Å². The highest BCUT2D eigenvalue weighted by Crippen LogP contribution is 2.26. The number of fused-ring (bicyclic) bond motifs is 1. The molecule has 1 aliphatic heterocycles. The number of aromatic nitrogens is 1. The number of nitrogens with one attached hydrogen (secondary N) is 2. The van der Waals surface area contributed by atoms with Crippen LogP contribution in [-0.4, -0.2) is 64.1 Å². The third-order valence-electron chi connectivity index (χ3n) is 6.02. The van der Waals surface area contributed by atoms with Crippen molar-refractivity contribution in [3.8, 4) is 0 Å². The van der Waals surface area contributed by atoms with Crippen LogP contribution in [0.2, 0.25) is 0 Å². The third-order valence-corrected chi connectivity index (χ3v) is 6.51. The van der Waals surface area contributed by atoms with E-state index in [1.807, 2.05) is 48.5 Å². The molecule has 0 aliphatic carbocycles.